The molecule has 0 aliphatic heterocycles. The van der Waals surface area contributed by atoms with Crippen LogP contribution in [0, 0.1) is 11.3 Å². The number of amides is 2. The normalized spacial score (nSPS) is 17.4. The topological polar surface area (TPSA) is 116 Å². The summed E-state index contributed by atoms with van der Waals surface area (Å²) in [5, 5.41) is 8.02. The van der Waals surface area contributed by atoms with E-state index in [1.807, 2.05) is 25.1 Å². The zero-order valence-electron chi connectivity index (χ0n) is 22.0. The Morgan fingerprint density at radius 2 is 1.84 bits per heavy atom. The summed E-state index contributed by atoms with van der Waals surface area (Å²) in [6.07, 6.45) is 10.2. The number of imidazole rings is 1. The molecule has 2 amide bonds. The first-order chi connectivity index (χ1) is 18.3. The van der Waals surface area contributed by atoms with Gasteiger partial charge in [-0.3, -0.25) is 9.59 Å². The maximum atomic E-state index is 12.8. The van der Waals surface area contributed by atoms with Crippen molar-refractivity contribution < 1.29 is 9.59 Å². The molecule has 2 saturated carbocycles. The molecule has 1 heterocycles. The van der Waals surface area contributed by atoms with E-state index in [1.165, 1.54) is 37.1 Å². The second kappa shape index (κ2) is 11.3. The predicted molar refractivity (Wildman–Crippen MR) is 151 cm³/mol. The van der Waals surface area contributed by atoms with Crippen LogP contribution in [0.25, 0.3) is 11.0 Å². The highest BCUT2D eigenvalue weighted by Crippen LogP contribution is 2.38. The Balaban J connectivity index is 1.26. The number of nitrogens with two attached hydrogens (primary N) is 1. The number of hydrogen-bond acceptors (Lipinski definition) is 5. The Morgan fingerprint density at radius 3 is 2.61 bits per heavy atom. The lowest BCUT2D eigenvalue weighted by molar-refractivity contribution is -0.130. The van der Waals surface area contributed by atoms with Crippen LogP contribution in [0.15, 0.2) is 36.4 Å². The minimum absolute atomic E-state index is 0.0871. The van der Waals surface area contributed by atoms with Gasteiger partial charge in [-0.15, -0.1) is 0 Å². The van der Waals surface area contributed by atoms with Crippen molar-refractivity contribution in [1.29, 1.82) is 0 Å². The van der Waals surface area contributed by atoms with Crippen LogP contribution in [0.5, 0.6) is 0 Å². The van der Waals surface area contributed by atoms with Crippen LogP contribution in [-0.4, -0.2) is 28.3 Å². The molecule has 0 unspecified atom stereocenters. The van der Waals surface area contributed by atoms with E-state index in [9.17, 15) is 9.59 Å². The molecule has 1 aromatic heterocycles. The molecular formula is C29H37ClN6O2. The summed E-state index contributed by atoms with van der Waals surface area (Å²) in [6, 6.07) is 10.9. The lowest BCUT2D eigenvalue weighted by Crippen LogP contribution is -2.36. The lowest BCUT2D eigenvalue weighted by Gasteiger charge is -2.23. The number of halogens is 1. The van der Waals surface area contributed by atoms with E-state index in [-0.39, 0.29) is 17.2 Å². The molecule has 9 heteroatoms. The average Bonchev–Trinajstić information content (AvgIpc) is 3.58. The first-order valence-corrected chi connectivity index (χ1v) is 14.1. The predicted octanol–water partition coefficient (Wildman–Crippen LogP) is 5.73. The summed E-state index contributed by atoms with van der Waals surface area (Å²) < 4.78 is 0. The summed E-state index contributed by atoms with van der Waals surface area (Å²) in [6.45, 7) is 3.15. The number of carbonyl (C=O) groups excluding carboxylic acids is 2. The molecule has 0 bridgehead atoms. The van der Waals surface area contributed by atoms with Gasteiger partial charge in [0.15, 0.2) is 0 Å². The van der Waals surface area contributed by atoms with Gasteiger partial charge < -0.3 is 15.6 Å². The highest BCUT2D eigenvalue weighted by atomic mass is 35.5. The van der Waals surface area contributed by atoms with Gasteiger partial charge in [0.1, 0.15) is 0 Å². The van der Waals surface area contributed by atoms with E-state index in [0.29, 0.717) is 46.7 Å². The first-order valence-electron chi connectivity index (χ1n) is 13.7. The highest BCUT2D eigenvalue weighted by Gasteiger charge is 2.35. The molecule has 0 spiro atoms. The molecule has 0 saturated heterocycles. The summed E-state index contributed by atoms with van der Waals surface area (Å²) >= 11 is 6.49. The molecule has 0 radical (unpaired) electrons. The van der Waals surface area contributed by atoms with Crippen molar-refractivity contribution in [1.82, 2.24) is 20.6 Å². The fraction of sp³-hybridized carbons (Fsp3) is 0.483. The van der Waals surface area contributed by atoms with Gasteiger partial charge in [0.25, 0.3) is 5.91 Å². The average molecular weight is 537 g/mol. The minimum atomic E-state index is -0.283. The molecule has 3 aromatic rings. The number of H-pyrrole nitrogens is 1. The maximum Gasteiger partial charge on any atom is 0.251 e. The zero-order valence-corrected chi connectivity index (χ0v) is 22.7. The van der Waals surface area contributed by atoms with Gasteiger partial charge in [-0.2, -0.15) is 0 Å². The third kappa shape index (κ3) is 5.81. The van der Waals surface area contributed by atoms with Crippen molar-refractivity contribution in [2.24, 2.45) is 17.2 Å². The minimum Gasteiger partial charge on any atom is -0.352 e. The van der Waals surface area contributed by atoms with E-state index in [1.54, 1.807) is 18.2 Å². The number of nitrogens with zero attached hydrogens (tertiary/aromatic N) is 2. The standard InChI is InChI=1S/C29H37ClN6O2/c1-29(13-5-6-14-29)27(38)33-18-20-9-11-22(30)25(15-20)36(31)28-34-23-12-10-21(16-24(23)35-28)26(37)32-17-19-7-3-2-4-8-19/h9-12,15-16,19H,2-8,13-14,17-18,31H2,1H3,(H,32,37)(H,33,38)(H,34,35). The summed E-state index contributed by atoms with van der Waals surface area (Å²) in [7, 11) is 0. The number of hydrazine groups is 1. The number of rotatable bonds is 8. The number of carbonyl (C=O) groups is 2. The smallest absolute Gasteiger partial charge is 0.251 e. The number of aromatic nitrogens is 2. The van der Waals surface area contributed by atoms with Crippen LogP contribution in [0.4, 0.5) is 11.6 Å². The Labute approximate surface area is 228 Å². The van der Waals surface area contributed by atoms with E-state index in [2.05, 4.69) is 20.6 Å². The van der Waals surface area contributed by atoms with E-state index < -0.39 is 0 Å². The maximum absolute atomic E-state index is 12.8. The monoisotopic (exact) mass is 536 g/mol. The molecule has 0 atom stereocenters. The Kier molecular flexibility index (Phi) is 7.91. The summed E-state index contributed by atoms with van der Waals surface area (Å²) in [4.78, 5) is 33.3. The van der Waals surface area contributed by atoms with Crippen molar-refractivity contribution >= 4 is 46.1 Å². The van der Waals surface area contributed by atoms with Crippen molar-refractivity contribution in [3.05, 3.63) is 52.5 Å². The van der Waals surface area contributed by atoms with Gasteiger partial charge >= 0.3 is 0 Å². The fourth-order valence-corrected chi connectivity index (χ4v) is 5.93. The molecular weight excluding hydrogens is 500 g/mol. The lowest BCUT2D eigenvalue weighted by atomic mass is 9.88. The van der Waals surface area contributed by atoms with Crippen LogP contribution in [-0.2, 0) is 11.3 Å². The molecule has 38 heavy (non-hydrogen) atoms. The van der Waals surface area contributed by atoms with E-state index >= 15 is 0 Å². The van der Waals surface area contributed by atoms with E-state index in [4.69, 9.17) is 17.4 Å². The Hall–Kier alpha value is -3.10. The number of hydrogen-bond donors (Lipinski definition) is 4. The first kappa shape index (κ1) is 26.5. The van der Waals surface area contributed by atoms with Crippen LogP contribution in [0.1, 0.15) is 80.6 Å². The van der Waals surface area contributed by atoms with Gasteiger partial charge in [0.2, 0.25) is 11.9 Å². The van der Waals surface area contributed by atoms with Gasteiger partial charge in [0, 0.05) is 24.1 Å². The largest absolute Gasteiger partial charge is 0.352 e. The van der Waals surface area contributed by atoms with E-state index in [0.717, 1.165) is 36.8 Å². The number of aromatic amines is 1. The van der Waals surface area contributed by atoms with Crippen molar-refractivity contribution in [2.45, 2.75) is 71.3 Å². The summed E-state index contributed by atoms with van der Waals surface area (Å²) in [5.74, 6) is 7.42. The van der Waals surface area contributed by atoms with Crippen molar-refractivity contribution in [3.63, 3.8) is 0 Å². The van der Waals surface area contributed by atoms with Crippen LogP contribution in [0.3, 0.4) is 0 Å². The number of nitrogens with one attached hydrogen (secondary N) is 3. The second-order valence-corrected chi connectivity index (χ2v) is 11.5. The number of benzene rings is 2. The van der Waals surface area contributed by atoms with Crippen LogP contribution < -0.4 is 21.5 Å². The third-order valence-electron chi connectivity index (χ3n) is 8.22. The second-order valence-electron chi connectivity index (χ2n) is 11.1. The molecule has 2 aliphatic carbocycles. The SMILES string of the molecule is CC1(C(=O)NCc2ccc(Cl)c(N(N)c3nc4cc(C(=O)NCC5CCCCC5)ccc4[nH]3)c2)CCCC1. The van der Waals surface area contributed by atoms with Gasteiger partial charge in [0.05, 0.1) is 21.7 Å². The van der Waals surface area contributed by atoms with Gasteiger partial charge in [-0.25, -0.2) is 15.8 Å². The zero-order chi connectivity index (χ0) is 26.7. The molecule has 5 rings (SSSR count). The third-order valence-corrected chi connectivity index (χ3v) is 8.54. The Morgan fingerprint density at radius 1 is 1.08 bits per heavy atom. The number of anilines is 2. The molecule has 2 aromatic carbocycles. The quantitative estimate of drug-likeness (QED) is 0.216. The van der Waals surface area contributed by atoms with Crippen molar-refractivity contribution in [2.75, 3.05) is 11.6 Å². The highest BCUT2D eigenvalue weighted by molar-refractivity contribution is 6.33. The van der Waals surface area contributed by atoms with Gasteiger partial charge in [-0.1, -0.05) is 56.7 Å². The molecule has 2 aliphatic rings. The van der Waals surface area contributed by atoms with Gasteiger partial charge in [-0.05, 0) is 67.5 Å². The fourth-order valence-electron chi connectivity index (χ4n) is 5.72. The van der Waals surface area contributed by atoms with Crippen molar-refractivity contribution in [3.8, 4) is 0 Å². The molecule has 5 N–H and O–H groups in total. The number of fused-ring (bicyclic) bond motifs is 1. The molecule has 202 valence electrons. The summed E-state index contributed by atoms with van der Waals surface area (Å²) in [5.41, 5.74) is 3.16. The van der Waals surface area contributed by atoms with Crippen LogP contribution >= 0.6 is 11.6 Å². The molecule has 2 fully saturated rings. The Bertz CT molecular complexity index is 1310. The van der Waals surface area contributed by atoms with Crippen LogP contribution in [0.2, 0.25) is 5.02 Å². The molecule has 8 nitrogen and oxygen atoms in total.